The molecular weight excluding hydrogens is 232 g/mol. The van der Waals surface area contributed by atoms with E-state index >= 15 is 0 Å². The molecule has 2 nitrogen and oxygen atoms in total. The van der Waals surface area contributed by atoms with Crippen molar-refractivity contribution in [2.45, 2.75) is 65.8 Å². The summed E-state index contributed by atoms with van der Waals surface area (Å²) in [7, 11) is 4.34. The van der Waals surface area contributed by atoms with Crippen LogP contribution in [0.15, 0.2) is 0 Å². The molecule has 1 aliphatic carbocycles. The molecule has 0 bridgehead atoms. The van der Waals surface area contributed by atoms with E-state index < -0.39 is 0 Å². The van der Waals surface area contributed by atoms with E-state index in [-0.39, 0.29) is 0 Å². The fraction of sp³-hybridized carbons (Fsp3) is 1.00. The molecule has 0 radical (unpaired) electrons. The minimum atomic E-state index is 0.370. The summed E-state index contributed by atoms with van der Waals surface area (Å²) in [5.74, 6) is 1.82. The topological polar surface area (TPSA) is 15.3 Å². The van der Waals surface area contributed by atoms with Gasteiger partial charge in [0.05, 0.1) is 0 Å². The number of nitrogens with zero attached hydrogens (tertiary/aromatic N) is 1. The lowest BCUT2D eigenvalue weighted by Crippen LogP contribution is -2.43. The van der Waals surface area contributed by atoms with E-state index in [0.29, 0.717) is 5.41 Å². The Morgan fingerprint density at radius 1 is 1.21 bits per heavy atom. The molecule has 1 saturated carbocycles. The Labute approximate surface area is 121 Å². The first-order chi connectivity index (χ1) is 8.78. The van der Waals surface area contributed by atoms with Crippen LogP contribution in [0.3, 0.4) is 0 Å². The highest BCUT2D eigenvalue weighted by atomic mass is 15.1. The van der Waals surface area contributed by atoms with Gasteiger partial charge in [0.2, 0.25) is 0 Å². The van der Waals surface area contributed by atoms with Gasteiger partial charge in [-0.3, -0.25) is 0 Å². The minimum Gasteiger partial charge on any atom is -0.313 e. The lowest BCUT2D eigenvalue weighted by Gasteiger charge is -2.35. The highest BCUT2D eigenvalue weighted by Crippen LogP contribution is 2.29. The van der Waals surface area contributed by atoms with Gasteiger partial charge in [-0.1, -0.05) is 40.5 Å². The lowest BCUT2D eigenvalue weighted by atomic mass is 9.80. The van der Waals surface area contributed by atoms with Crippen LogP contribution in [-0.2, 0) is 0 Å². The Bertz CT molecular complexity index is 246. The Balaban J connectivity index is 2.32. The van der Waals surface area contributed by atoms with Crippen LogP contribution in [0.2, 0.25) is 0 Å². The zero-order valence-corrected chi connectivity index (χ0v) is 14.1. The summed E-state index contributed by atoms with van der Waals surface area (Å²) >= 11 is 0. The summed E-state index contributed by atoms with van der Waals surface area (Å²) in [6, 6.07) is 0.763. The van der Waals surface area contributed by atoms with Gasteiger partial charge in [0.25, 0.3) is 0 Å². The monoisotopic (exact) mass is 268 g/mol. The van der Waals surface area contributed by atoms with E-state index in [1.165, 1.54) is 32.1 Å². The van der Waals surface area contributed by atoms with Crippen LogP contribution in [0.4, 0.5) is 0 Å². The molecule has 1 fully saturated rings. The standard InChI is InChI=1S/C17H36N2/c1-14(2)10-15-8-7-9-16(11-15)18-12-17(3,4)13-19(5)6/h14-16,18H,7-13H2,1-6H3. The molecule has 1 N–H and O–H groups in total. The zero-order valence-electron chi connectivity index (χ0n) is 14.1. The summed E-state index contributed by atoms with van der Waals surface area (Å²) in [4.78, 5) is 2.30. The maximum absolute atomic E-state index is 3.84. The molecule has 0 aliphatic heterocycles. The second kappa shape index (κ2) is 7.64. The summed E-state index contributed by atoms with van der Waals surface area (Å²) in [6.07, 6.45) is 7.07. The Kier molecular flexibility index (Phi) is 6.82. The van der Waals surface area contributed by atoms with Crippen LogP contribution in [0.5, 0.6) is 0 Å². The van der Waals surface area contributed by atoms with E-state index in [2.05, 4.69) is 52.0 Å². The van der Waals surface area contributed by atoms with Gasteiger partial charge in [-0.05, 0) is 50.6 Å². The third kappa shape index (κ3) is 7.31. The molecule has 1 rings (SSSR count). The van der Waals surface area contributed by atoms with Crippen molar-refractivity contribution in [3.8, 4) is 0 Å². The van der Waals surface area contributed by atoms with Crippen molar-refractivity contribution < 1.29 is 0 Å². The Hall–Kier alpha value is -0.0800. The molecule has 19 heavy (non-hydrogen) atoms. The van der Waals surface area contributed by atoms with Crippen LogP contribution >= 0.6 is 0 Å². The van der Waals surface area contributed by atoms with Crippen molar-refractivity contribution in [2.75, 3.05) is 27.2 Å². The molecule has 1 aliphatic rings. The van der Waals surface area contributed by atoms with Gasteiger partial charge >= 0.3 is 0 Å². The van der Waals surface area contributed by atoms with Gasteiger partial charge in [0.1, 0.15) is 0 Å². The molecule has 2 unspecified atom stereocenters. The molecule has 0 heterocycles. The molecule has 2 atom stereocenters. The summed E-state index contributed by atoms with van der Waals surface area (Å²) in [5, 5.41) is 3.84. The smallest absolute Gasteiger partial charge is 0.00699 e. The fourth-order valence-corrected chi connectivity index (χ4v) is 3.69. The van der Waals surface area contributed by atoms with Crippen molar-refractivity contribution in [1.29, 1.82) is 0 Å². The number of nitrogens with one attached hydrogen (secondary N) is 1. The largest absolute Gasteiger partial charge is 0.313 e. The Morgan fingerprint density at radius 3 is 2.47 bits per heavy atom. The van der Waals surface area contributed by atoms with Crippen LogP contribution in [0.1, 0.15) is 59.8 Å². The van der Waals surface area contributed by atoms with Crippen LogP contribution in [0, 0.1) is 17.3 Å². The molecule has 0 aromatic heterocycles. The van der Waals surface area contributed by atoms with Crippen molar-refractivity contribution >= 4 is 0 Å². The van der Waals surface area contributed by atoms with Gasteiger partial charge in [-0.25, -0.2) is 0 Å². The quantitative estimate of drug-likeness (QED) is 0.756. The van der Waals surface area contributed by atoms with Gasteiger partial charge in [-0.2, -0.15) is 0 Å². The zero-order chi connectivity index (χ0) is 14.5. The highest BCUT2D eigenvalue weighted by Gasteiger charge is 2.25. The number of hydrogen-bond donors (Lipinski definition) is 1. The first kappa shape index (κ1) is 17.0. The Morgan fingerprint density at radius 2 is 1.89 bits per heavy atom. The van der Waals surface area contributed by atoms with Crippen molar-refractivity contribution in [3.05, 3.63) is 0 Å². The van der Waals surface area contributed by atoms with Gasteiger partial charge < -0.3 is 10.2 Å². The molecule has 114 valence electrons. The average Bonchev–Trinajstić information content (AvgIpc) is 2.24. The molecule has 0 spiro atoms. The third-order valence-corrected chi connectivity index (χ3v) is 4.20. The van der Waals surface area contributed by atoms with Crippen LogP contribution in [-0.4, -0.2) is 38.1 Å². The summed E-state index contributed by atoms with van der Waals surface area (Å²) in [6.45, 7) is 11.8. The fourth-order valence-electron chi connectivity index (χ4n) is 3.69. The number of hydrogen-bond acceptors (Lipinski definition) is 2. The van der Waals surface area contributed by atoms with Gasteiger partial charge in [0, 0.05) is 19.1 Å². The number of rotatable bonds is 7. The SMILES string of the molecule is CC(C)CC1CCCC(NCC(C)(C)CN(C)C)C1. The normalized spacial score (nSPS) is 25.3. The third-order valence-electron chi connectivity index (χ3n) is 4.20. The maximum Gasteiger partial charge on any atom is 0.00699 e. The van der Waals surface area contributed by atoms with Crippen molar-refractivity contribution in [3.63, 3.8) is 0 Å². The van der Waals surface area contributed by atoms with Crippen molar-refractivity contribution in [1.82, 2.24) is 10.2 Å². The van der Waals surface area contributed by atoms with E-state index in [1.807, 2.05) is 0 Å². The summed E-state index contributed by atoms with van der Waals surface area (Å²) in [5.41, 5.74) is 0.370. The van der Waals surface area contributed by atoms with E-state index in [4.69, 9.17) is 0 Å². The summed E-state index contributed by atoms with van der Waals surface area (Å²) < 4.78 is 0. The first-order valence-electron chi connectivity index (χ1n) is 8.16. The predicted molar refractivity (Wildman–Crippen MR) is 85.5 cm³/mol. The van der Waals surface area contributed by atoms with Gasteiger partial charge in [-0.15, -0.1) is 0 Å². The maximum atomic E-state index is 3.84. The van der Waals surface area contributed by atoms with Crippen molar-refractivity contribution in [2.24, 2.45) is 17.3 Å². The van der Waals surface area contributed by atoms with Gasteiger partial charge in [0.15, 0.2) is 0 Å². The molecule has 0 aromatic carbocycles. The highest BCUT2D eigenvalue weighted by molar-refractivity contribution is 4.82. The second-order valence-electron chi connectivity index (χ2n) is 8.14. The molecular formula is C17H36N2. The second-order valence-corrected chi connectivity index (χ2v) is 8.14. The minimum absolute atomic E-state index is 0.370. The molecule has 0 aromatic rings. The predicted octanol–water partition coefficient (Wildman–Crippen LogP) is 3.77. The molecule has 0 amide bonds. The molecule has 0 saturated heterocycles. The van der Waals surface area contributed by atoms with E-state index in [9.17, 15) is 0 Å². The van der Waals surface area contributed by atoms with Crippen LogP contribution in [0.25, 0.3) is 0 Å². The molecule has 2 heteroatoms. The van der Waals surface area contributed by atoms with E-state index in [1.54, 1.807) is 0 Å². The lowest BCUT2D eigenvalue weighted by molar-refractivity contribution is 0.198. The average molecular weight is 268 g/mol. The first-order valence-corrected chi connectivity index (χ1v) is 8.16. The van der Waals surface area contributed by atoms with Crippen LogP contribution < -0.4 is 5.32 Å². The van der Waals surface area contributed by atoms with E-state index in [0.717, 1.165) is 31.0 Å².